The highest BCUT2D eigenvalue weighted by Crippen LogP contribution is 2.36. The summed E-state index contributed by atoms with van der Waals surface area (Å²) in [6.07, 6.45) is 3.53. The van der Waals surface area contributed by atoms with Gasteiger partial charge in [0.1, 0.15) is 5.75 Å². The van der Waals surface area contributed by atoms with E-state index in [1.807, 2.05) is 65.0 Å². The summed E-state index contributed by atoms with van der Waals surface area (Å²) in [7, 11) is 0. The number of halogens is 1. The van der Waals surface area contributed by atoms with Crippen LogP contribution in [0.15, 0.2) is 59.6 Å². The van der Waals surface area contributed by atoms with Crippen LogP contribution in [-0.4, -0.2) is 50.8 Å². The first-order valence-corrected chi connectivity index (χ1v) is 13.9. The molecule has 3 aromatic rings. The highest BCUT2D eigenvalue weighted by atomic mass is 35.5. The predicted octanol–water partition coefficient (Wildman–Crippen LogP) is 6.83. The molecule has 0 unspecified atom stereocenters. The minimum Gasteiger partial charge on any atom is -0.489 e. The molecule has 9 heteroatoms. The third-order valence-electron chi connectivity index (χ3n) is 6.39. The lowest BCUT2D eigenvalue weighted by Gasteiger charge is -2.38. The van der Waals surface area contributed by atoms with Gasteiger partial charge in [0.05, 0.1) is 16.5 Å². The molecule has 1 fully saturated rings. The number of nitrogens with two attached hydrogens (primary N) is 1. The maximum atomic E-state index is 11.8. The van der Waals surface area contributed by atoms with Gasteiger partial charge in [0.15, 0.2) is 0 Å². The van der Waals surface area contributed by atoms with Crippen LogP contribution in [0.1, 0.15) is 59.4 Å². The summed E-state index contributed by atoms with van der Waals surface area (Å²) in [5, 5.41) is 14.3. The van der Waals surface area contributed by atoms with Gasteiger partial charge in [-0.15, -0.1) is 6.58 Å². The summed E-state index contributed by atoms with van der Waals surface area (Å²) in [6.45, 7) is 15.8. The van der Waals surface area contributed by atoms with Crippen LogP contribution in [-0.2, 0) is 11.3 Å². The van der Waals surface area contributed by atoms with Crippen LogP contribution in [0.4, 0.5) is 0 Å². The average Bonchev–Trinajstić information content (AvgIpc) is 3.36. The van der Waals surface area contributed by atoms with E-state index >= 15 is 0 Å². The van der Waals surface area contributed by atoms with Gasteiger partial charge in [-0.1, -0.05) is 47.1 Å². The Morgan fingerprint density at radius 3 is 2.33 bits per heavy atom. The average molecular weight is 569 g/mol. The first-order chi connectivity index (χ1) is 18.8. The monoisotopic (exact) mass is 568 g/mol. The fourth-order valence-corrected chi connectivity index (χ4v) is 4.60. The van der Waals surface area contributed by atoms with Gasteiger partial charge in [-0.05, 0) is 90.7 Å². The van der Waals surface area contributed by atoms with Crippen molar-refractivity contribution in [3.05, 3.63) is 65.7 Å². The van der Waals surface area contributed by atoms with Crippen LogP contribution in [0.3, 0.4) is 0 Å². The molecule has 0 bridgehead atoms. The maximum Gasteiger partial charge on any atom is 0.310 e. The molecule has 8 nitrogen and oxygen atoms in total. The number of benzene rings is 2. The second-order valence-corrected chi connectivity index (χ2v) is 12.1. The van der Waals surface area contributed by atoms with Crippen molar-refractivity contribution in [3.8, 4) is 28.6 Å². The van der Waals surface area contributed by atoms with Crippen molar-refractivity contribution in [2.24, 2.45) is 11.1 Å². The molecule has 4 rings (SSSR count). The molecular formula is C31H41ClN4O4. The van der Waals surface area contributed by atoms with Gasteiger partial charge >= 0.3 is 5.97 Å². The van der Waals surface area contributed by atoms with E-state index in [-0.39, 0.29) is 11.6 Å². The van der Waals surface area contributed by atoms with E-state index < -0.39 is 11.4 Å². The van der Waals surface area contributed by atoms with Crippen LogP contribution >= 0.6 is 11.6 Å². The van der Waals surface area contributed by atoms with Crippen molar-refractivity contribution in [2.75, 3.05) is 13.1 Å². The smallest absolute Gasteiger partial charge is 0.310 e. The van der Waals surface area contributed by atoms with Crippen LogP contribution in [0.5, 0.6) is 5.75 Å². The Morgan fingerprint density at radius 1 is 1.20 bits per heavy atom. The molecule has 1 saturated heterocycles. The van der Waals surface area contributed by atoms with Crippen molar-refractivity contribution < 1.29 is 19.2 Å². The lowest BCUT2D eigenvalue weighted by molar-refractivity contribution is -0.152. The number of rotatable bonds is 9. The van der Waals surface area contributed by atoms with Gasteiger partial charge in [0, 0.05) is 23.2 Å². The third-order valence-corrected chi connectivity index (χ3v) is 6.68. The molecule has 0 spiro atoms. The molecule has 0 atom stereocenters. The number of hydrogen-bond acceptors (Lipinski definition) is 7. The summed E-state index contributed by atoms with van der Waals surface area (Å²) in [6, 6.07) is 13.4. The first-order valence-electron chi connectivity index (χ1n) is 13.5. The lowest BCUT2D eigenvalue weighted by atomic mass is 9.75. The number of carboxylic acid groups (broad SMARTS) is 1. The fourth-order valence-electron chi connectivity index (χ4n) is 4.38. The zero-order valence-electron chi connectivity index (χ0n) is 24.1. The molecule has 1 aliphatic heterocycles. The molecule has 2 heterocycles. The van der Waals surface area contributed by atoms with E-state index in [1.165, 1.54) is 0 Å². The van der Waals surface area contributed by atoms with Gasteiger partial charge in [-0.3, -0.25) is 9.69 Å². The number of aliphatic carboxylic acids is 1. The van der Waals surface area contributed by atoms with Crippen LogP contribution in [0.25, 0.3) is 22.8 Å². The van der Waals surface area contributed by atoms with Crippen molar-refractivity contribution in [2.45, 2.75) is 72.1 Å². The molecule has 0 aliphatic carbocycles. The number of carbonyl (C=O) groups is 1. The number of likely N-dealkylation sites (tertiary alicyclic amines) is 1. The van der Waals surface area contributed by atoms with E-state index in [4.69, 9.17) is 26.6 Å². The van der Waals surface area contributed by atoms with Crippen molar-refractivity contribution >= 4 is 17.6 Å². The van der Waals surface area contributed by atoms with E-state index in [2.05, 4.69) is 21.6 Å². The number of ether oxygens (including phenoxy) is 1. The lowest BCUT2D eigenvalue weighted by Crippen LogP contribution is -2.43. The van der Waals surface area contributed by atoms with Crippen molar-refractivity contribution in [1.82, 2.24) is 15.0 Å². The van der Waals surface area contributed by atoms with E-state index in [1.54, 1.807) is 18.2 Å². The normalized spacial score (nSPS) is 15.3. The molecule has 1 aliphatic rings. The number of allylic oxidation sites excluding steroid dienone is 1. The van der Waals surface area contributed by atoms with E-state index in [9.17, 15) is 9.90 Å². The largest absolute Gasteiger partial charge is 0.489 e. The molecule has 216 valence electrons. The first kappa shape index (κ1) is 31.3. The highest BCUT2D eigenvalue weighted by Gasteiger charge is 2.40. The summed E-state index contributed by atoms with van der Waals surface area (Å²) in [5.41, 5.74) is 7.40. The van der Waals surface area contributed by atoms with Crippen molar-refractivity contribution in [1.29, 1.82) is 0 Å². The summed E-state index contributed by atoms with van der Waals surface area (Å²) >= 11 is 6.34. The summed E-state index contributed by atoms with van der Waals surface area (Å²) in [5.74, 6) is 0.780. The second-order valence-electron chi connectivity index (χ2n) is 11.7. The molecule has 2 aromatic carbocycles. The maximum absolute atomic E-state index is 11.8. The Labute approximate surface area is 242 Å². The number of carboxylic acids is 1. The summed E-state index contributed by atoms with van der Waals surface area (Å²) in [4.78, 5) is 18.6. The van der Waals surface area contributed by atoms with Gasteiger partial charge in [0.2, 0.25) is 5.82 Å². The minimum atomic E-state index is -0.719. The SMILES string of the molecule is C=CCC1(C(=O)O)CCN(Cc2ccc(-c3noc(-c4ccc(OC(C)C)c(Cl)c4)n3)cc2)CC1.CC(C)(C)N. The Kier molecular flexibility index (Phi) is 10.5. The Bertz CT molecular complexity index is 1270. The van der Waals surface area contributed by atoms with E-state index in [0.29, 0.717) is 41.7 Å². The fraction of sp³-hybridized carbons (Fsp3) is 0.452. The predicted molar refractivity (Wildman–Crippen MR) is 159 cm³/mol. The van der Waals surface area contributed by atoms with Gasteiger partial charge in [0.25, 0.3) is 5.89 Å². The number of hydrogen-bond donors (Lipinski definition) is 2. The van der Waals surface area contributed by atoms with Gasteiger partial charge in [-0.25, -0.2) is 0 Å². The highest BCUT2D eigenvalue weighted by molar-refractivity contribution is 6.32. The zero-order chi connectivity index (χ0) is 29.5. The zero-order valence-corrected chi connectivity index (χ0v) is 24.9. The molecule has 0 radical (unpaired) electrons. The standard InChI is InChI=1S/C27H30ClN3O4.C4H11N/c1-4-11-27(26(32)33)12-14-31(15-13-27)17-19-5-7-20(8-6-19)24-29-25(35-30-24)21-9-10-23(22(28)16-21)34-18(2)3;1-4(2,3)5/h4-10,16,18H,1,11-15,17H2,2-3H3,(H,32,33);5H2,1-3H3. The van der Waals surface area contributed by atoms with Gasteiger partial charge in [-0.2, -0.15) is 4.98 Å². The molecule has 40 heavy (non-hydrogen) atoms. The topological polar surface area (TPSA) is 115 Å². The molecule has 3 N–H and O–H groups in total. The molecule has 0 amide bonds. The number of aromatic nitrogens is 2. The number of nitrogens with zero attached hydrogens (tertiary/aromatic N) is 3. The van der Waals surface area contributed by atoms with E-state index in [0.717, 1.165) is 36.3 Å². The Balaban J connectivity index is 0.000000810. The van der Waals surface area contributed by atoms with Crippen LogP contribution in [0, 0.1) is 5.41 Å². The number of piperidine rings is 1. The quantitative estimate of drug-likeness (QED) is 0.270. The van der Waals surface area contributed by atoms with Crippen LogP contribution in [0.2, 0.25) is 5.02 Å². The Morgan fingerprint density at radius 2 is 1.80 bits per heavy atom. The van der Waals surface area contributed by atoms with Gasteiger partial charge < -0.3 is 20.1 Å². The molecule has 1 aromatic heterocycles. The van der Waals surface area contributed by atoms with Crippen LogP contribution < -0.4 is 10.5 Å². The minimum absolute atomic E-state index is 0. The second kappa shape index (κ2) is 13.4. The molecule has 0 saturated carbocycles. The van der Waals surface area contributed by atoms with Crippen molar-refractivity contribution in [3.63, 3.8) is 0 Å². The Hall–Kier alpha value is -3.20. The molecular weight excluding hydrogens is 528 g/mol. The third kappa shape index (κ3) is 8.91. The summed E-state index contributed by atoms with van der Waals surface area (Å²) < 4.78 is 11.1.